The summed E-state index contributed by atoms with van der Waals surface area (Å²) in [5.41, 5.74) is 12.0. The molecule has 84 valence electrons. The van der Waals surface area contributed by atoms with Gasteiger partial charge in [0.05, 0.1) is 0 Å². The Labute approximate surface area is 89.3 Å². The van der Waals surface area contributed by atoms with Crippen molar-refractivity contribution in [2.75, 3.05) is 12.8 Å². The summed E-state index contributed by atoms with van der Waals surface area (Å²) >= 11 is 0. The van der Waals surface area contributed by atoms with Gasteiger partial charge in [-0.2, -0.15) is 0 Å². The molecule has 0 aliphatic carbocycles. The van der Waals surface area contributed by atoms with Gasteiger partial charge in [-0.25, -0.2) is 0 Å². The molecular formula is C12H26N2. The van der Waals surface area contributed by atoms with Crippen molar-refractivity contribution in [2.45, 2.75) is 34.6 Å². The minimum absolute atomic E-state index is 0.868. The Kier molecular flexibility index (Phi) is 23.9. The highest BCUT2D eigenvalue weighted by atomic mass is 14.5. The highest BCUT2D eigenvalue weighted by Gasteiger charge is 1.84. The number of nitrogens with two attached hydrogens (primary N) is 2. The summed E-state index contributed by atoms with van der Waals surface area (Å²) in [6, 6.07) is 7.80. The van der Waals surface area contributed by atoms with Crippen LogP contribution in [-0.4, -0.2) is 7.05 Å². The van der Waals surface area contributed by atoms with E-state index in [1.807, 2.05) is 58.9 Å². The van der Waals surface area contributed by atoms with Crippen LogP contribution in [0, 0.1) is 6.92 Å². The molecule has 1 rings (SSSR count). The van der Waals surface area contributed by atoms with Crippen molar-refractivity contribution in [1.29, 1.82) is 0 Å². The number of anilines is 1. The molecule has 0 atom stereocenters. The molecule has 0 saturated heterocycles. The lowest BCUT2D eigenvalue weighted by Gasteiger charge is -1.93. The lowest BCUT2D eigenvalue weighted by molar-refractivity contribution is 1.47. The van der Waals surface area contributed by atoms with Crippen LogP contribution in [0.4, 0.5) is 5.69 Å². The molecule has 0 aromatic heterocycles. The van der Waals surface area contributed by atoms with Gasteiger partial charge in [-0.1, -0.05) is 45.9 Å². The predicted molar refractivity (Wildman–Crippen MR) is 68.4 cm³/mol. The summed E-state index contributed by atoms with van der Waals surface area (Å²) in [7, 11) is 1.50. The van der Waals surface area contributed by atoms with E-state index in [1.54, 1.807) is 0 Å². The summed E-state index contributed by atoms with van der Waals surface area (Å²) in [6.45, 7) is 10.00. The molecular weight excluding hydrogens is 172 g/mol. The SMILES string of the molecule is CC.CC.CN.Cc1ccccc1N. The number of benzene rings is 1. The molecule has 0 unspecified atom stereocenters. The first-order chi connectivity index (χ1) is 6.80. The van der Waals surface area contributed by atoms with E-state index in [9.17, 15) is 0 Å². The minimum Gasteiger partial charge on any atom is -0.399 e. The van der Waals surface area contributed by atoms with Crippen molar-refractivity contribution >= 4 is 5.69 Å². The summed E-state index contributed by atoms with van der Waals surface area (Å²) in [6.07, 6.45) is 0. The van der Waals surface area contributed by atoms with Crippen molar-refractivity contribution in [3.05, 3.63) is 29.8 Å². The highest BCUT2D eigenvalue weighted by Crippen LogP contribution is 2.06. The third kappa shape index (κ3) is 11.0. The third-order valence-electron chi connectivity index (χ3n) is 1.19. The molecule has 0 heterocycles. The fraction of sp³-hybridized carbons (Fsp3) is 0.500. The molecule has 0 bridgehead atoms. The molecule has 0 saturated carbocycles. The molecule has 0 aliphatic heterocycles. The molecule has 2 heteroatoms. The van der Waals surface area contributed by atoms with Gasteiger partial charge in [0, 0.05) is 5.69 Å². The van der Waals surface area contributed by atoms with Gasteiger partial charge in [-0.05, 0) is 25.6 Å². The van der Waals surface area contributed by atoms with Crippen molar-refractivity contribution in [2.24, 2.45) is 5.73 Å². The lowest BCUT2D eigenvalue weighted by atomic mass is 10.2. The van der Waals surface area contributed by atoms with E-state index in [2.05, 4.69) is 5.73 Å². The minimum atomic E-state index is 0.868. The Bertz CT molecular complexity index is 164. The second-order valence-electron chi connectivity index (χ2n) is 1.86. The number of hydrogen-bond donors (Lipinski definition) is 2. The van der Waals surface area contributed by atoms with E-state index in [0.29, 0.717) is 0 Å². The first-order valence-electron chi connectivity index (χ1n) is 5.19. The van der Waals surface area contributed by atoms with Gasteiger partial charge in [0.25, 0.3) is 0 Å². The molecule has 1 aromatic rings. The van der Waals surface area contributed by atoms with Crippen LogP contribution >= 0.6 is 0 Å². The summed E-state index contributed by atoms with van der Waals surface area (Å²) in [5.74, 6) is 0. The number of para-hydroxylation sites is 1. The second kappa shape index (κ2) is 17.9. The Morgan fingerprint density at radius 2 is 1.21 bits per heavy atom. The van der Waals surface area contributed by atoms with Crippen molar-refractivity contribution < 1.29 is 0 Å². The molecule has 4 N–H and O–H groups in total. The maximum Gasteiger partial charge on any atom is 0.0343 e. The van der Waals surface area contributed by atoms with Crippen LogP contribution in [0.3, 0.4) is 0 Å². The van der Waals surface area contributed by atoms with Crippen LogP contribution in [0.5, 0.6) is 0 Å². The zero-order valence-electron chi connectivity index (χ0n) is 10.5. The van der Waals surface area contributed by atoms with Crippen LogP contribution < -0.4 is 11.5 Å². The molecule has 0 spiro atoms. The van der Waals surface area contributed by atoms with Crippen molar-refractivity contribution in [1.82, 2.24) is 0 Å². The Morgan fingerprint density at radius 3 is 1.43 bits per heavy atom. The van der Waals surface area contributed by atoms with Crippen molar-refractivity contribution in [3.8, 4) is 0 Å². The zero-order valence-corrected chi connectivity index (χ0v) is 10.5. The first-order valence-corrected chi connectivity index (χ1v) is 5.19. The van der Waals surface area contributed by atoms with E-state index in [-0.39, 0.29) is 0 Å². The zero-order chi connectivity index (χ0) is 12.0. The monoisotopic (exact) mass is 198 g/mol. The van der Waals surface area contributed by atoms with Crippen LogP contribution in [0.2, 0.25) is 0 Å². The van der Waals surface area contributed by atoms with Crippen molar-refractivity contribution in [3.63, 3.8) is 0 Å². The summed E-state index contributed by atoms with van der Waals surface area (Å²) in [4.78, 5) is 0. The molecule has 0 radical (unpaired) electrons. The normalized spacial score (nSPS) is 6.50. The van der Waals surface area contributed by atoms with E-state index in [0.717, 1.165) is 11.3 Å². The number of hydrogen-bond acceptors (Lipinski definition) is 2. The van der Waals surface area contributed by atoms with E-state index >= 15 is 0 Å². The third-order valence-corrected chi connectivity index (χ3v) is 1.19. The first kappa shape index (κ1) is 18.7. The molecule has 14 heavy (non-hydrogen) atoms. The fourth-order valence-electron chi connectivity index (χ4n) is 0.587. The highest BCUT2D eigenvalue weighted by molar-refractivity contribution is 5.44. The van der Waals surface area contributed by atoms with Crippen LogP contribution in [0.15, 0.2) is 24.3 Å². The maximum atomic E-state index is 5.52. The number of rotatable bonds is 0. The van der Waals surface area contributed by atoms with Gasteiger partial charge < -0.3 is 11.5 Å². The maximum absolute atomic E-state index is 5.52. The average Bonchev–Trinajstić information content (AvgIpc) is 2.31. The van der Waals surface area contributed by atoms with Gasteiger partial charge in [-0.15, -0.1) is 0 Å². The fourth-order valence-corrected chi connectivity index (χ4v) is 0.587. The molecule has 1 aromatic carbocycles. The molecule has 0 aliphatic rings. The Balaban J connectivity index is -0.000000174. The smallest absolute Gasteiger partial charge is 0.0343 e. The van der Waals surface area contributed by atoms with Gasteiger partial charge in [-0.3, -0.25) is 0 Å². The van der Waals surface area contributed by atoms with Crippen LogP contribution in [0.25, 0.3) is 0 Å². The molecule has 0 amide bonds. The Hall–Kier alpha value is -1.02. The van der Waals surface area contributed by atoms with Gasteiger partial charge in [0.15, 0.2) is 0 Å². The van der Waals surface area contributed by atoms with Gasteiger partial charge in [0.2, 0.25) is 0 Å². The topological polar surface area (TPSA) is 52.0 Å². The predicted octanol–water partition coefficient (Wildman–Crippen LogP) is 3.20. The Morgan fingerprint density at radius 1 is 0.857 bits per heavy atom. The summed E-state index contributed by atoms with van der Waals surface area (Å²) in [5, 5.41) is 0. The van der Waals surface area contributed by atoms with Gasteiger partial charge >= 0.3 is 0 Å². The summed E-state index contributed by atoms with van der Waals surface area (Å²) < 4.78 is 0. The second-order valence-corrected chi connectivity index (χ2v) is 1.86. The average molecular weight is 198 g/mol. The quantitative estimate of drug-likeness (QED) is 0.629. The largest absolute Gasteiger partial charge is 0.399 e. The lowest BCUT2D eigenvalue weighted by Crippen LogP contribution is -1.85. The van der Waals surface area contributed by atoms with E-state index in [4.69, 9.17) is 5.73 Å². The van der Waals surface area contributed by atoms with Crippen LogP contribution in [-0.2, 0) is 0 Å². The van der Waals surface area contributed by atoms with Crippen LogP contribution in [0.1, 0.15) is 33.3 Å². The number of nitrogen functional groups attached to an aromatic ring is 1. The molecule has 0 fully saturated rings. The van der Waals surface area contributed by atoms with E-state index in [1.165, 1.54) is 7.05 Å². The standard InChI is InChI=1S/C7H9N.2C2H6.CH5N/c1-6-4-2-3-5-7(6)8;3*1-2/h2-5H,8H2,1H3;2*1-2H3;2H2,1H3. The molecule has 2 nitrogen and oxygen atoms in total. The number of aryl methyl sites for hydroxylation is 1. The van der Waals surface area contributed by atoms with Gasteiger partial charge in [0.1, 0.15) is 0 Å². The van der Waals surface area contributed by atoms with E-state index < -0.39 is 0 Å².